The first-order chi connectivity index (χ1) is 10.1. The Kier molecular flexibility index (Phi) is 5.79. The van der Waals surface area contributed by atoms with Gasteiger partial charge in [-0.15, -0.1) is 0 Å². The fourth-order valence-corrected chi connectivity index (χ4v) is 2.38. The number of anilines is 1. The van der Waals surface area contributed by atoms with Gasteiger partial charge in [0.2, 0.25) is 5.88 Å². The van der Waals surface area contributed by atoms with Gasteiger partial charge in [0.1, 0.15) is 18.8 Å². The highest BCUT2D eigenvalue weighted by Gasteiger charge is 2.25. The van der Waals surface area contributed by atoms with Crippen LogP contribution in [0.3, 0.4) is 0 Å². The van der Waals surface area contributed by atoms with E-state index in [4.69, 9.17) is 4.74 Å². The van der Waals surface area contributed by atoms with Crippen molar-refractivity contribution in [2.24, 2.45) is 0 Å². The third-order valence-corrected chi connectivity index (χ3v) is 3.82. The van der Waals surface area contributed by atoms with E-state index in [0.717, 1.165) is 42.8 Å². The summed E-state index contributed by atoms with van der Waals surface area (Å²) in [5.74, 6) is 1.97. The van der Waals surface area contributed by atoms with Crippen molar-refractivity contribution < 1.29 is 4.74 Å². The van der Waals surface area contributed by atoms with Gasteiger partial charge in [0.25, 0.3) is 0 Å². The maximum Gasteiger partial charge on any atom is 0.222 e. The maximum absolute atomic E-state index is 5.93. The summed E-state index contributed by atoms with van der Waals surface area (Å²) in [7, 11) is 2.17. The lowest BCUT2D eigenvalue weighted by molar-refractivity contribution is 0.224. The van der Waals surface area contributed by atoms with Crippen LogP contribution in [0.25, 0.3) is 0 Å². The summed E-state index contributed by atoms with van der Waals surface area (Å²) in [5.41, 5.74) is 1.08. The fraction of sp³-hybridized carbons (Fsp3) is 0.750. The van der Waals surface area contributed by atoms with E-state index in [1.54, 1.807) is 6.33 Å². The van der Waals surface area contributed by atoms with Gasteiger partial charge in [-0.2, -0.15) is 0 Å². The molecule has 21 heavy (non-hydrogen) atoms. The second kappa shape index (κ2) is 7.59. The molecule has 1 saturated carbocycles. The molecule has 5 heteroatoms. The zero-order valence-corrected chi connectivity index (χ0v) is 13.7. The number of rotatable bonds is 9. The summed E-state index contributed by atoms with van der Waals surface area (Å²) < 4.78 is 5.93. The topological polar surface area (TPSA) is 50.3 Å². The van der Waals surface area contributed by atoms with Crippen LogP contribution < -0.4 is 10.1 Å². The molecular formula is C16H28N4O. The molecule has 0 amide bonds. The van der Waals surface area contributed by atoms with E-state index >= 15 is 0 Å². The van der Waals surface area contributed by atoms with Crippen molar-refractivity contribution in [2.75, 3.05) is 32.1 Å². The molecule has 1 aromatic heterocycles. The van der Waals surface area contributed by atoms with Crippen molar-refractivity contribution in [1.29, 1.82) is 0 Å². The SMILES string of the molecule is CCCNc1ncnc(OCCN(C)C2CC2)c1C(C)C. The van der Waals surface area contributed by atoms with Crippen LogP contribution in [0.15, 0.2) is 6.33 Å². The second-order valence-electron chi connectivity index (χ2n) is 6.08. The minimum absolute atomic E-state index is 0.335. The minimum Gasteiger partial charge on any atom is -0.476 e. The van der Waals surface area contributed by atoms with Crippen LogP contribution in [-0.4, -0.2) is 47.7 Å². The fourth-order valence-electron chi connectivity index (χ4n) is 2.38. The number of ether oxygens (including phenoxy) is 1. The average molecular weight is 292 g/mol. The Hall–Kier alpha value is -1.36. The van der Waals surface area contributed by atoms with Crippen LogP contribution in [-0.2, 0) is 0 Å². The van der Waals surface area contributed by atoms with E-state index in [1.165, 1.54) is 12.8 Å². The Morgan fingerprint density at radius 1 is 1.38 bits per heavy atom. The molecule has 0 saturated heterocycles. The van der Waals surface area contributed by atoms with Gasteiger partial charge in [-0.3, -0.25) is 0 Å². The molecule has 0 spiro atoms. The molecule has 0 atom stereocenters. The Labute approximate surface area is 128 Å². The van der Waals surface area contributed by atoms with Gasteiger partial charge in [-0.05, 0) is 32.2 Å². The first-order valence-corrected chi connectivity index (χ1v) is 8.05. The Bertz CT molecular complexity index is 446. The smallest absolute Gasteiger partial charge is 0.222 e. The standard InChI is InChI=1S/C16H28N4O/c1-5-8-17-15-14(12(2)3)16(19-11-18-15)21-10-9-20(4)13-6-7-13/h11-13H,5-10H2,1-4H3,(H,17,18,19). The highest BCUT2D eigenvalue weighted by molar-refractivity contribution is 5.50. The predicted molar refractivity (Wildman–Crippen MR) is 86.0 cm³/mol. The summed E-state index contributed by atoms with van der Waals surface area (Å²) >= 11 is 0. The molecule has 1 fully saturated rings. The highest BCUT2D eigenvalue weighted by atomic mass is 16.5. The zero-order chi connectivity index (χ0) is 15.2. The Morgan fingerprint density at radius 3 is 2.76 bits per heavy atom. The molecule has 1 N–H and O–H groups in total. The summed E-state index contributed by atoms with van der Waals surface area (Å²) in [5, 5.41) is 3.37. The van der Waals surface area contributed by atoms with Gasteiger partial charge in [-0.1, -0.05) is 20.8 Å². The van der Waals surface area contributed by atoms with Crippen LogP contribution in [0.5, 0.6) is 5.88 Å². The molecule has 0 aliphatic heterocycles. The lowest BCUT2D eigenvalue weighted by Gasteiger charge is -2.19. The number of aromatic nitrogens is 2. The molecule has 0 radical (unpaired) electrons. The van der Waals surface area contributed by atoms with Crippen LogP contribution in [0, 0.1) is 0 Å². The summed E-state index contributed by atoms with van der Waals surface area (Å²) in [4.78, 5) is 11.1. The summed E-state index contributed by atoms with van der Waals surface area (Å²) in [6.07, 6.45) is 5.31. The first kappa shape index (κ1) is 16.0. The number of nitrogens with zero attached hydrogens (tertiary/aromatic N) is 3. The minimum atomic E-state index is 0.335. The number of hydrogen-bond donors (Lipinski definition) is 1. The highest BCUT2D eigenvalue weighted by Crippen LogP contribution is 2.30. The monoisotopic (exact) mass is 292 g/mol. The zero-order valence-electron chi connectivity index (χ0n) is 13.7. The second-order valence-corrected chi connectivity index (χ2v) is 6.08. The normalized spacial score (nSPS) is 14.8. The molecule has 0 aromatic carbocycles. The molecule has 1 aliphatic rings. The van der Waals surface area contributed by atoms with Crippen molar-refractivity contribution in [3.8, 4) is 5.88 Å². The van der Waals surface area contributed by atoms with Crippen LogP contribution in [0.4, 0.5) is 5.82 Å². The number of hydrogen-bond acceptors (Lipinski definition) is 5. The van der Waals surface area contributed by atoms with E-state index in [-0.39, 0.29) is 0 Å². The van der Waals surface area contributed by atoms with E-state index in [0.29, 0.717) is 12.5 Å². The third kappa shape index (κ3) is 4.56. The molecule has 0 bridgehead atoms. The largest absolute Gasteiger partial charge is 0.476 e. The maximum atomic E-state index is 5.93. The van der Waals surface area contributed by atoms with Crippen molar-refractivity contribution in [1.82, 2.24) is 14.9 Å². The first-order valence-electron chi connectivity index (χ1n) is 8.05. The van der Waals surface area contributed by atoms with Gasteiger partial charge >= 0.3 is 0 Å². The van der Waals surface area contributed by atoms with Crippen molar-refractivity contribution in [2.45, 2.75) is 52.0 Å². The Morgan fingerprint density at radius 2 is 2.14 bits per heavy atom. The molecular weight excluding hydrogens is 264 g/mol. The van der Waals surface area contributed by atoms with Crippen LogP contribution in [0.2, 0.25) is 0 Å². The van der Waals surface area contributed by atoms with Gasteiger partial charge in [0.15, 0.2) is 0 Å². The van der Waals surface area contributed by atoms with Gasteiger partial charge in [0, 0.05) is 19.1 Å². The van der Waals surface area contributed by atoms with Crippen molar-refractivity contribution >= 4 is 5.82 Å². The summed E-state index contributed by atoms with van der Waals surface area (Å²) in [6, 6.07) is 0.769. The molecule has 0 unspecified atom stereocenters. The van der Waals surface area contributed by atoms with Gasteiger partial charge < -0.3 is 15.0 Å². The average Bonchev–Trinajstić information content (AvgIpc) is 3.29. The van der Waals surface area contributed by atoms with Crippen molar-refractivity contribution in [3.63, 3.8) is 0 Å². The molecule has 1 aromatic rings. The van der Waals surface area contributed by atoms with Crippen molar-refractivity contribution in [3.05, 3.63) is 11.9 Å². The summed E-state index contributed by atoms with van der Waals surface area (Å²) in [6.45, 7) is 8.99. The molecule has 1 aliphatic carbocycles. The van der Waals surface area contributed by atoms with E-state index in [2.05, 4.69) is 48.0 Å². The third-order valence-electron chi connectivity index (χ3n) is 3.82. The quantitative estimate of drug-likeness (QED) is 0.758. The number of likely N-dealkylation sites (N-methyl/N-ethyl adjacent to an activating group) is 1. The van der Waals surface area contributed by atoms with E-state index in [1.807, 2.05) is 0 Å². The lowest BCUT2D eigenvalue weighted by Crippen LogP contribution is -2.26. The molecule has 2 rings (SSSR count). The molecule has 1 heterocycles. The van der Waals surface area contributed by atoms with Gasteiger partial charge in [-0.25, -0.2) is 9.97 Å². The molecule has 5 nitrogen and oxygen atoms in total. The number of nitrogens with one attached hydrogen (secondary N) is 1. The van der Waals surface area contributed by atoms with Crippen LogP contribution >= 0.6 is 0 Å². The van der Waals surface area contributed by atoms with Gasteiger partial charge in [0.05, 0.1) is 5.56 Å². The Balaban J connectivity index is 1.99. The lowest BCUT2D eigenvalue weighted by atomic mass is 10.1. The molecule has 118 valence electrons. The predicted octanol–water partition coefficient (Wildman–Crippen LogP) is 2.89. The van der Waals surface area contributed by atoms with E-state index < -0.39 is 0 Å². The van der Waals surface area contributed by atoms with E-state index in [9.17, 15) is 0 Å². The van der Waals surface area contributed by atoms with Crippen LogP contribution in [0.1, 0.15) is 51.5 Å².